The van der Waals surface area contributed by atoms with E-state index in [0.717, 1.165) is 4.47 Å². The third-order valence-electron chi connectivity index (χ3n) is 3.37. The molecule has 0 aromatic heterocycles. The fourth-order valence-corrected chi connectivity index (χ4v) is 3.88. The van der Waals surface area contributed by atoms with Crippen LogP contribution in [0, 0.1) is 10.1 Å². The third-order valence-corrected chi connectivity index (χ3v) is 5.50. The Bertz CT molecular complexity index is 903. The molecule has 11 heteroatoms. The molecule has 0 radical (unpaired) electrons. The Kier molecular flexibility index (Phi) is 7.78. The van der Waals surface area contributed by atoms with Crippen LogP contribution in [0.15, 0.2) is 53.0 Å². The lowest BCUT2D eigenvalue weighted by Crippen LogP contribution is -2.36. The van der Waals surface area contributed by atoms with Crippen molar-refractivity contribution < 1.29 is 28.1 Å². The maximum atomic E-state index is 13.3. The largest absolute Gasteiger partial charge is 0.513 e. The average Bonchev–Trinajstić information content (AvgIpc) is 2.63. The van der Waals surface area contributed by atoms with Gasteiger partial charge < -0.3 is 13.8 Å². The molecule has 0 saturated carbocycles. The molecule has 0 saturated heterocycles. The Morgan fingerprint density at radius 1 is 1.03 bits per heavy atom. The topological polar surface area (TPSA) is 117 Å². The van der Waals surface area contributed by atoms with Gasteiger partial charge in [-0.15, -0.1) is 0 Å². The summed E-state index contributed by atoms with van der Waals surface area (Å²) in [6, 6.07) is 10.5. The summed E-state index contributed by atoms with van der Waals surface area (Å²) in [5.74, 6) is -0.338. The van der Waals surface area contributed by atoms with Gasteiger partial charge >= 0.3 is 13.7 Å². The predicted octanol–water partition coefficient (Wildman–Crippen LogP) is 4.85. The van der Waals surface area contributed by atoms with Crippen LogP contribution in [-0.2, 0) is 14.1 Å². The van der Waals surface area contributed by atoms with E-state index in [4.69, 9.17) is 13.8 Å². The number of hydrogen-bond donors (Lipinski definition) is 1. The van der Waals surface area contributed by atoms with Crippen LogP contribution in [0.4, 0.5) is 5.69 Å². The summed E-state index contributed by atoms with van der Waals surface area (Å²) in [6.07, 6.45) is -0.353. The zero-order valence-electron chi connectivity index (χ0n) is 15.9. The molecule has 1 N–H and O–H groups in total. The molecule has 0 aliphatic rings. The van der Waals surface area contributed by atoms with Crippen molar-refractivity contribution in [2.45, 2.75) is 32.9 Å². The Hall–Kier alpha value is -2.42. The van der Waals surface area contributed by atoms with Crippen LogP contribution in [0.3, 0.4) is 0 Å². The number of esters is 1. The molecular weight excluding hydrogens is 467 g/mol. The fraction of sp³-hybridized carbons (Fsp3) is 0.278. The van der Waals surface area contributed by atoms with E-state index in [0.29, 0.717) is 0 Å². The molecule has 2 atom stereocenters. The zero-order valence-corrected chi connectivity index (χ0v) is 18.4. The van der Waals surface area contributed by atoms with Crippen LogP contribution in [0.2, 0.25) is 0 Å². The first-order valence-corrected chi connectivity index (χ1v) is 10.9. The monoisotopic (exact) mass is 486 g/mol. The summed E-state index contributed by atoms with van der Waals surface area (Å²) in [4.78, 5) is 22.3. The molecule has 2 rings (SSSR count). The summed E-state index contributed by atoms with van der Waals surface area (Å²) in [5, 5.41) is 13.3. The molecule has 2 aromatic carbocycles. The zero-order chi connectivity index (χ0) is 21.6. The fourth-order valence-electron chi connectivity index (χ4n) is 2.10. The van der Waals surface area contributed by atoms with E-state index in [1.165, 1.54) is 31.2 Å². The van der Waals surface area contributed by atoms with Gasteiger partial charge in [0.15, 0.2) is 0 Å². The molecule has 9 nitrogen and oxygen atoms in total. The van der Waals surface area contributed by atoms with E-state index < -0.39 is 24.7 Å². The maximum absolute atomic E-state index is 13.3. The van der Waals surface area contributed by atoms with Gasteiger partial charge in [-0.2, -0.15) is 5.09 Å². The summed E-state index contributed by atoms with van der Waals surface area (Å²) >= 11 is 3.29. The Morgan fingerprint density at radius 2 is 1.52 bits per heavy atom. The van der Waals surface area contributed by atoms with Crippen molar-refractivity contribution in [2.75, 3.05) is 0 Å². The lowest BCUT2D eigenvalue weighted by atomic mass is 10.3. The van der Waals surface area contributed by atoms with Gasteiger partial charge in [-0.25, -0.2) is 4.57 Å². The molecule has 0 aliphatic heterocycles. The van der Waals surface area contributed by atoms with E-state index in [-0.39, 0.29) is 23.3 Å². The van der Waals surface area contributed by atoms with Gasteiger partial charge in [0, 0.05) is 16.6 Å². The van der Waals surface area contributed by atoms with E-state index in [9.17, 15) is 19.5 Å². The molecule has 0 bridgehead atoms. The number of carbonyl (C=O) groups excluding carboxylic acids is 1. The van der Waals surface area contributed by atoms with E-state index in [1.807, 2.05) is 0 Å². The summed E-state index contributed by atoms with van der Waals surface area (Å²) in [6.45, 7) is 4.84. The van der Waals surface area contributed by atoms with Gasteiger partial charge in [-0.1, -0.05) is 15.9 Å². The molecule has 156 valence electrons. The highest BCUT2D eigenvalue weighted by molar-refractivity contribution is 9.10. The number of ether oxygens (including phenoxy) is 1. The number of non-ortho nitro benzene ring substituents is 1. The van der Waals surface area contributed by atoms with Crippen molar-refractivity contribution in [1.29, 1.82) is 0 Å². The Labute approximate surface area is 176 Å². The second-order valence-electron chi connectivity index (χ2n) is 6.22. The first-order chi connectivity index (χ1) is 13.6. The highest BCUT2D eigenvalue weighted by Gasteiger charge is 2.34. The van der Waals surface area contributed by atoms with Gasteiger partial charge in [-0.05, 0) is 57.2 Å². The van der Waals surface area contributed by atoms with E-state index >= 15 is 0 Å². The smallest absolute Gasteiger partial charge is 0.462 e. The molecule has 2 aromatic rings. The van der Waals surface area contributed by atoms with Crippen LogP contribution in [0.1, 0.15) is 20.8 Å². The molecule has 0 amide bonds. The number of benzene rings is 2. The lowest BCUT2D eigenvalue weighted by molar-refractivity contribution is -0.384. The van der Waals surface area contributed by atoms with Gasteiger partial charge in [0.05, 0.1) is 11.0 Å². The van der Waals surface area contributed by atoms with Crippen molar-refractivity contribution in [3.8, 4) is 11.5 Å². The minimum absolute atomic E-state index is 0.0629. The van der Waals surface area contributed by atoms with Crippen molar-refractivity contribution in [3.63, 3.8) is 0 Å². The lowest BCUT2D eigenvalue weighted by Gasteiger charge is -2.23. The highest BCUT2D eigenvalue weighted by atomic mass is 79.9. The third kappa shape index (κ3) is 7.16. The minimum atomic E-state index is -4.11. The quantitative estimate of drug-likeness (QED) is 0.231. The van der Waals surface area contributed by atoms with Gasteiger partial charge in [0.1, 0.15) is 17.5 Å². The standard InChI is InChI=1S/C18H20BrN2O7P/c1-12(2)26-18(22)13(3)20-29(25,27-16-8-4-14(19)5-9-16)28-17-10-6-15(7-11-17)21(23)24/h4-13H,1-3H3,(H,20,25)/t13-,29?/m0/s1. The Morgan fingerprint density at radius 3 is 1.97 bits per heavy atom. The number of halogens is 1. The van der Waals surface area contributed by atoms with Crippen LogP contribution in [0.5, 0.6) is 11.5 Å². The van der Waals surface area contributed by atoms with E-state index in [2.05, 4.69) is 21.0 Å². The van der Waals surface area contributed by atoms with Crippen LogP contribution in [-0.4, -0.2) is 23.0 Å². The second-order valence-corrected chi connectivity index (χ2v) is 8.76. The summed E-state index contributed by atoms with van der Waals surface area (Å²) in [5.41, 5.74) is -0.150. The maximum Gasteiger partial charge on any atom is 0.513 e. The molecule has 0 fully saturated rings. The van der Waals surface area contributed by atoms with Gasteiger partial charge in [-0.3, -0.25) is 14.9 Å². The first kappa shape index (κ1) is 22.9. The number of nitrogens with one attached hydrogen (secondary N) is 1. The number of carbonyl (C=O) groups is 1. The van der Waals surface area contributed by atoms with Crippen LogP contribution < -0.4 is 14.1 Å². The van der Waals surface area contributed by atoms with Crippen LogP contribution in [0.25, 0.3) is 0 Å². The molecule has 29 heavy (non-hydrogen) atoms. The number of nitro groups is 1. The average molecular weight is 487 g/mol. The molecule has 0 spiro atoms. The Balaban J connectivity index is 2.25. The van der Waals surface area contributed by atoms with Crippen molar-refractivity contribution in [3.05, 3.63) is 63.1 Å². The molecular formula is C18H20BrN2O7P. The SMILES string of the molecule is CC(C)OC(=O)[C@H](C)NP(=O)(Oc1ccc(Br)cc1)Oc1ccc([N+](=O)[O-])cc1. The minimum Gasteiger partial charge on any atom is -0.462 e. The van der Waals surface area contributed by atoms with Gasteiger partial charge in [0.25, 0.3) is 5.69 Å². The first-order valence-electron chi connectivity index (χ1n) is 8.55. The van der Waals surface area contributed by atoms with Crippen LogP contribution >= 0.6 is 23.7 Å². The molecule has 0 aliphatic carbocycles. The number of nitro benzene ring substituents is 1. The summed E-state index contributed by atoms with van der Waals surface area (Å²) < 4.78 is 30.2. The predicted molar refractivity (Wildman–Crippen MR) is 110 cm³/mol. The summed E-state index contributed by atoms with van der Waals surface area (Å²) in [7, 11) is -4.11. The number of nitrogens with zero attached hydrogens (tertiary/aromatic N) is 1. The highest BCUT2D eigenvalue weighted by Crippen LogP contribution is 2.45. The number of hydrogen-bond acceptors (Lipinski definition) is 7. The van der Waals surface area contributed by atoms with Crippen molar-refractivity contribution in [2.24, 2.45) is 0 Å². The van der Waals surface area contributed by atoms with Gasteiger partial charge in [0.2, 0.25) is 0 Å². The molecule has 1 unspecified atom stereocenters. The van der Waals surface area contributed by atoms with Crippen molar-refractivity contribution >= 4 is 35.3 Å². The normalized spacial score (nSPS) is 14.0. The van der Waals surface area contributed by atoms with Crippen molar-refractivity contribution in [1.82, 2.24) is 5.09 Å². The second kappa shape index (κ2) is 9.87. The van der Waals surface area contributed by atoms with E-state index in [1.54, 1.807) is 38.1 Å². The molecule has 0 heterocycles. The number of rotatable bonds is 9.